The van der Waals surface area contributed by atoms with Gasteiger partial charge in [-0.25, -0.2) is 4.39 Å². The molecule has 0 heterocycles. The Kier molecular flexibility index (Phi) is 6.09. The molecule has 1 atom stereocenters. The lowest BCUT2D eigenvalue weighted by molar-refractivity contribution is 0.0894. The van der Waals surface area contributed by atoms with E-state index in [-0.39, 0.29) is 11.9 Å². The van der Waals surface area contributed by atoms with Crippen LogP contribution >= 0.6 is 11.6 Å². The zero-order valence-corrected chi connectivity index (χ0v) is 11.3. The molecule has 0 aliphatic carbocycles. The number of rotatable bonds is 6. The molecule has 0 saturated carbocycles. The summed E-state index contributed by atoms with van der Waals surface area (Å²) >= 11 is 5.65. The molecule has 1 aromatic rings. The summed E-state index contributed by atoms with van der Waals surface area (Å²) in [4.78, 5) is 11.9. The summed E-state index contributed by atoms with van der Waals surface area (Å²) in [7, 11) is 1.56. The first kappa shape index (κ1) is 14.9. The van der Waals surface area contributed by atoms with Gasteiger partial charge >= 0.3 is 0 Å². The highest BCUT2D eigenvalue weighted by molar-refractivity contribution is 6.17. The number of hydrogen-bond donors (Lipinski definition) is 1. The summed E-state index contributed by atoms with van der Waals surface area (Å²) < 4.78 is 18.2. The molecule has 100 valence electrons. The van der Waals surface area contributed by atoms with Crippen molar-refractivity contribution in [2.45, 2.75) is 19.4 Å². The Morgan fingerprint density at radius 1 is 1.50 bits per heavy atom. The number of methoxy groups -OCH3 is 1. The number of alkyl halides is 1. The lowest BCUT2D eigenvalue weighted by Crippen LogP contribution is -2.38. The highest BCUT2D eigenvalue weighted by Crippen LogP contribution is 2.09. The zero-order valence-electron chi connectivity index (χ0n) is 10.5. The SMILES string of the molecule is COCC(CCCl)NC(=O)c1cc(C)cc(F)c1. The van der Waals surface area contributed by atoms with Gasteiger partial charge in [-0.2, -0.15) is 0 Å². The lowest BCUT2D eigenvalue weighted by atomic mass is 10.1. The molecule has 0 saturated heterocycles. The largest absolute Gasteiger partial charge is 0.383 e. The molecular weight excluding hydrogens is 257 g/mol. The van der Waals surface area contributed by atoms with Crippen molar-refractivity contribution >= 4 is 17.5 Å². The molecule has 0 fully saturated rings. The summed E-state index contributed by atoms with van der Waals surface area (Å²) in [5.41, 5.74) is 1.02. The third-order valence-corrected chi connectivity index (χ3v) is 2.68. The van der Waals surface area contributed by atoms with Gasteiger partial charge in [-0.1, -0.05) is 0 Å². The second kappa shape index (κ2) is 7.34. The predicted octanol–water partition coefficient (Wildman–Crippen LogP) is 2.51. The minimum atomic E-state index is -0.416. The number of amides is 1. The van der Waals surface area contributed by atoms with E-state index in [4.69, 9.17) is 16.3 Å². The van der Waals surface area contributed by atoms with Crippen LogP contribution in [0.2, 0.25) is 0 Å². The number of halogens is 2. The molecule has 5 heteroatoms. The Bertz CT molecular complexity index is 386. The van der Waals surface area contributed by atoms with Gasteiger partial charge in [0.05, 0.1) is 12.6 Å². The van der Waals surface area contributed by atoms with E-state index in [0.717, 1.165) is 0 Å². The third kappa shape index (κ3) is 4.63. The maximum Gasteiger partial charge on any atom is 0.251 e. The van der Waals surface area contributed by atoms with Gasteiger partial charge in [0.15, 0.2) is 0 Å². The maximum absolute atomic E-state index is 13.2. The van der Waals surface area contributed by atoms with Crippen LogP contribution in [0.15, 0.2) is 18.2 Å². The van der Waals surface area contributed by atoms with Crippen molar-refractivity contribution in [3.8, 4) is 0 Å². The summed E-state index contributed by atoms with van der Waals surface area (Å²) in [5, 5.41) is 2.77. The van der Waals surface area contributed by atoms with Gasteiger partial charge < -0.3 is 10.1 Å². The van der Waals surface area contributed by atoms with Crippen LogP contribution in [0.3, 0.4) is 0 Å². The second-order valence-corrected chi connectivity index (χ2v) is 4.50. The number of carbonyl (C=O) groups excluding carboxylic acids is 1. The Morgan fingerprint density at radius 3 is 2.78 bits per heavy atom. The normalized spacial score (nSPS) is 12.2. The molecule has 0 aliphatic rings. The number of ether oxygens (including phenoxy) is 1. The van der Waals surface area contributed by atoms with Crippen LogP contribution in [0.5, 0.6) is 0 Å². The first-order valence-corrected chi connectivity index (χ1v) is 6.23. The second-order valence-electron chi connectivity index (χ2n) is 4.12. The molecule has 0 radical (unpaired) electrons. The first-order valence-electron chi connectivity index (χ1n) is 5.69. The Labute approximate surface area is 111 Å². The first-order chi connectivity index (χ1) is 8.56. The molecule has 1 N–H and O–H groups in total. The van der Waals surface area contributed by atoms with Gasteiger partial charge in [0.1, 0.15) is 5.82 Å². The van der Waals surface area contributed by atoms with E-state index in [1.54, 1.807) is 20.1 Å². The monoisotopic (exact) mass is 273 g/mol. The van der Waals surface area contributed by atoms with Crippen molar-refractivity contribution in [1.82, 2.24) is 5.32 Å². The fourth-order valence-corrected chi connectivity index (χ4v) is 1.93. The fourth-order valence-electron chi connectivity index (χ4n) is 1.67. The molecule has 0 spiro atoms. The number of hydrogen-bond acceptors (Lipinski definition) is 2. The van der Waals surface area contributed by atoms with Crippen LogP contribution in [0, 0.1) is 12.7 Å². The van der Waals surface area contributed by atoms with Gasteiger partial charge in [-0.3, -0.25) is 4.79 Å². The van der Waals surface area contributed by atoms with Crippen molar-refractivity contribution in [1.29, 1.82) is 0 Å². The van der Waals surface area contributed by atoms with Crippen LogP contribution in [0.4, 0.5) is 4.39 Å². The smallest absolute Gasteiger partial charge is 0.251 e. The van der Waals surface area contributed by atoms with E-state index < -0.39 is 5.82 Å². The van der Waals surface area contributed by atoms with Crippen LogP contribution in [-0.4, -0.2) is 31.5 Å². The lowest BCUT2D eigenvalue weighted by Gasteiger charge is -2.16. The number of aryl methyl sites for hydroxylation is 1. The van der Waals surface area contributed by atoms with E-state index in [1.165, 1.54) is 12.1 Å². The van der Waals surface area contributed by atoms with Crippen molar-refractivity contribution < 1.29 is 13.9 Å². The van der Waals surface area contributed by atoms with Gasteiger partial charge in [-0.05, 0) is 37.1 Å². The predicted molar refractivity (Wildman–Crippen MR) is 69.6 cm³/mol. The number of carbonyl (C=O) groups is 1. The molecule has 18 heavy (non-hydrogen) atoms. The van der Waals surface area contributed by atoms with Crippen molar-refractivity contribution in [3.63, 3.8) is 0 Å². The summed E-state index contributed by atoms with van der Waals surface area (Å²) in [5.74, 6) is -0.304. The van der Waals surface area contributed by atoms with E-state index in [2.05, 4.69) is 5.32 Å². The molecule has 0 bridgehead atoms. The average Bonchev–Trinajstić information content (AvgIpc) is 2.28. The molecule has 0 aromatic heterocycles. The van der Waals surface area contributed by atoms with Gasteiger partial charge in [0.25, 0.3) is 5.91 Å². The van der Waals surface area contributed by atoms with Crippen molar-refractivity contribution in [2.75, 3.05) is 19.6 Å². The van der Waals surface area contributed by atoms with E-state index >= 15 is 0 Å². The highest BCUT2D eigenvalue weighted by Gasteiger charge is 2.14. The summed E-state index contributed by atoms with van der Waals surface area (Å²) in [6.07, 6.45) is 0.607. The molecular formula is C13H17ClFNO2. The molecule has 1 rings (SSSR count). The van der Waals surface area contributed by atoms with Gasteiger partial charge in [0.2, 0.25) is 0 Å². The fraction of sp³-hybridized carbons (Fsp3) is 0.462. The minimum absolute atomic E-state index is 0.163. The van der Waals surface area contributed by atoms with Crippen LogP contribution in [0.1, 0.15) is 22.3 Å². The molecule has 3 nitrogen and oxygen atoms in total. The van der Waals surface area contributed by atoms with Crippen molar-refractivity contribution in [3.05, 3.63) is 35.1 Å². The Morgan fingerprint density at radius 2 is 2.22 bits per heavy atom. The summed E-state index contributed by atoms with van der Waals surface area (Å²) in [6, 6.07) is 4.07. The van der Waals surface area contributed by atoms with Crippen LogP contribution in [0.25, 0.3) is 0 Å². The van der Waals surface area contributed by atoms with Crippen LogP contribution < -0.4 is 5.32 Å². The standard InChI is InChI=1S/C13H17ClFNO2/c1-9-5-10(7-11(15)6-9)13(17)16-12(3-4-14)8-18-2/h5-7,12H,3-4,8H2,1-2H3,(H,16,17). The molecule has 1 aromatic carbocycles. The van der Waals surface area contributed by atoms with Gasteiger partial charge in [0, 0.05) is 18.6 Å². The highest BCUT2D eigenvalue weighted by atomic mass is 35.5. The molecule has 1 amide bonds. The summed E-state index contributed by atoms with van der Waals surface area (Å²) in [6.45, 7) is 2.12. The van der Waals surface area contributed by atoms with E-state index in [0.29, 0.717) is 30.0 Å². The number of nitrogens with one attached hydrogen (secondary N) is 1. The zero-order chi connectivity index (χ0) is 13.5. The van der Waals surface area contributed by atoms with Crippen molar-refractivity contribution in [2.24, 2.45) is 0 Å². The average molecular weight is 274 g/mol. The minimum Gasteiger partial charge on any atom is -0.383 e. The van der Waals surface area contributed by atoms with E-state index in [9.17, 15) is 9.18 Å². The third-order valence-electron chi connectivity index (χ3n) is 2.46. The maximum atomic E-state index is 13.2. The molecule has 0 aliphatic heterocycles. The van der Waals surface area contributed by atoms with Crippen LogP contribution in [-0.2, 0) is 4.74 Å². The number of benzene rings is 1. The Balaban J connectivity index is 2.73. The quantitative estimate of drug-likeness (QED) is 0.809. The molecule has 1 unspecified atom stereocenters. The topological polar surface area (TPSA) is 38.3 Å². The van der Waals surface area contributed by atoms with Gasteiger partial charge in [-0.15, -0.1) is 11.6 Å². The van der Waals surface area contributed by atoms with E-state index in [1.807, 2.05) is 0 Å². The Hall–Kier alpha value is -1.13.